The summed E-state index contributed by atoms with van der Waals surface area (Å²) in [6, 6.07) is 12.2. The summed E-state index contributed by atoms with van der Waals surface area (Å²) >= 11 is 6.37. The maximum absolute atomic E-state index is 13.9. The quantitative estimate of drug-likeness (QED) is 0.0337. The van der Waals surface area contributed by atoms with Crippen molar-refractivity contribution in [1.82, 2.24) is 16.0 Å². The summed E-state index contributed by atoms with van der Waals surface area (Å²) in [6.07, 6.45) is 2.66. The number of hydrogen-bond donors (Lipinski definition) is 3. The highest BCUT2D eigenvalue weighted by atomic mass is 35.5. The molecule has 0 aliphatic carbocycles. The Bertz CT molecular complexity index is 1980. The lowest BCUT2D eigenvalue weighted by atomic mass is 9.92. The van der Waals surface area contributed by atoms with Crippen molar-refractivity contribution < 1.29 is 66.6 Å². The normalized spacial score (nSPS) is 21.9. The van der Waals surface area contributed by atoms with E-state index in [9.17, 15) is 24.0 Å². The molecule has 0 unspecified atom stereocenters. The van der Waals surface area contributed by atoms with Crippen LogP contribution in [0.5, 0.6) is 5.75 Å². The molecule has 0 aromatic heterocycles. The predicted octanol–water partition coefficient (Wildman–Crippen LogP) is 5.40. The lowest BCUT2D eigenvalue weighted by Crippen LogP contribution is -2.51. The Morgan fingerprint density at radius 3 is 2.20 bits per heavy atom. The molecule has 69 heavy (non-hydrogen) atoms. The van der Waals surface area contributed by atoms with E-state index in [-0.39, 0.29) is 75.5 Å². The molecular formula is C51H72ClN3O14. The van der Waals surface area contributed by atoms with Gasteiger partial charge in [-0.2, -0.15) is 0 Å². The first-order chi connectivity index (χ1) is 33.1. The van der Waals surface area contributed by atoms with Crippen LogP contribution >= 0.6 is 11.6 Å². The largest absolute Gasteiger partial charge is 0.495 e. The van der Waals surface area contributed by atoms with Gasteiger partial charge in [0.25, 0.3) is 0 Å². The molecule has 6 atom stereocenters. The predicted molar refractivity (Wildman–Crippen MR) is 257 cm³/mol. The van der Waals surface area contributed by atoms with Crippen LogP contribution in [0.4, 0.5) is 0 Å². The minimum absolute atomic E-state index is 0.0140. The van der Waals surface area contributed by atoms with Gasteiger partial charge in [0, 0.05) is 38.4 Å². The zero-order valence-electron chi connectivity index (χ0n) is 40.9. The van der Waals surface area contributed by atoms with Crippen LogP contribution in [0.2, 0.25) is 5.02 Å². The standard InChI is InChI=1S/C51H72ClN3O14/c1-8-20-66-45(57)18-21-62-23-25-64-27-28-65-26-24-63-22-19-53-32-36-12-15-38(16-13-36)47-46(69-47)35(4)41-10-9-11-44(56)55-40(31-37-14-17-42(61-7)39(52)30-37)48(58)54-33-51(5,6)50(60)68-43(29-34(2)3)49(59)67-41/h8-9,11-17,30,34-35,40-41,43,46-47,53H,1,10,18-29,31-33H2,2-7H3,(H,54,58)(H,55,56)/b11-9+/t35-,40+,41-,43-,46-,47+/m0/s1. The van der Waals surface area contributed by atoms with Crippen molar-refractivity contribution in [3.63, 3.8) is 0 Å². The van der Waals surface area contributed by atoms with Gasteiger partial charge in [-0.25, -0.2) is 4.79 Å². The molecule has 0 bridgehead atoms. The van der Waals surface area contributed by atoms with Gasteiger partial charge in [0.2, 0.25) is 11.8 Å². The molecule has 4 rings (SSSR count). The van der Waals surface area contributed by atoms with Crippen LogP contribution in [-0.4, -0.2) is 134 Å². The van der Waals surface area contributed by atoms with E-state index in [1.54, 1.807) is 38.1 Å². The lowest BCUT2D eigenvalue weighted by molar-refractivity contribution is -0.179. The van der Waals surface area contributed by atoms with Gasteiger partial charge in [0.05, 0.1) is 82.9 Å². The number of carbonyl (C=O) groups is 5. The highest BCUT2D eigenvalue weighted by molar-refractivity contribution is 6.32. The number of hydrogen-bond acceptors (Lipinski definition) is 15. The fourth-order valence-electron chi connectivity index (χ4n) is 7.17. The van der Waals surface area contributed by atoms with Crippen LogP contribution < -0.4 is 20.7 Å². The number of epoxide rings is 1. The number of halogens is 1. The monoisotopic (exact) mass is 985 g/mol. The molecule has 2 aliphatic heterocycles. The Labute approximate surface area is 411 Å². The molecule has 2 heterocycles. The summed E-state index contributed by atoms with van der Waals surface area (Å²) in [4.78, 5) is 65.8. The second-order valence-electron chi connectivity index (χ2n) is 17.9. The molecule has 3 N–H and O–H groups in total. The summed E-state index contributed by atoms with van der Waals surface area (Å²) in [7, 11) is 1.50. The summed E-state index contributed by atoms with van der Waals surface area (Å²) < 4.78 is 50.4. The van der Waals surface area contributed by atoms with Gasteiger partial charge in [0.1, 0.15) is 30.6 Å². The zero-order chi connectivity index (χ0) is 50.2. The average Bonchev–Trinajstić information content (AvgIpc) is 4.12. The number of esters is 3. The van der Waals surface area contributed by atoms with Crippen molar-refractivity contribution in [2.75, 3.05) is 79.7 Å². The number of carbonyl (C=O) groups excluding carboxylic acids is 5. The van der Waals surface area contributed by atoms with Gasteiger partial charge in [-0.1, -0.05) is 81.4 Å². The third kappa shape index (κ3) is 20.5. The summed E-state index contributed by atoms with van der Waals surface area (Å²) in [5.41, 5.74) is 1.50. The lowest BCUT2D eigenvalue weighted by Gasteiger charge is -2.29. The number of rotatable bonds is 27. The first-order valence-electron chi connectivity index (χ1n) is 23.6. The second kappa shape index (κ2) is 30.0. The highest BCUT2D eigenvalue weighted by Gasteiger charge is 2.48. The van der Waals surface area contributed by atoms with Crippen molar-refractivity contribution in [1.29, 1.82) is 0 Å². The third-order valence-electron chi connectivity index (χ3n) is 11.3. The smallest absolute Gasteiger partial charge is 0.347 e. The van der Waals surface area contributed by atoms with Crippen LogP contribution in [0.25, 0.3) is 0 Å². The van der Waals surface area contributed by atoms with Crippen molar-refractivity contribution in [3.05, 3.63) is 89.0 Å². The number of ether oxygens (including phenoxy) is 9. The molecule has 17 nitrogen and oxygen atoms in total. The van der Waals surface area contributed by atoms with Crippen LogP contribution in [0, 0.1) is 17.3 Å². The number of methoxy groups -OCH3 is 1. The van der Waals surface area contributed by atoms with E-state index in [0.717, 1.165) is 11.1 Å². The highest BCUT2D eigenvalue weighted by Crippen LogP contribution is 2.45. The van der Waals surface area contributed by atoms with Crippen LogP contribution in [0.1, 0.15) is 76.7 Å². The molecule has 2 aromatic carbocycles. The average molecular weight is 987 g/mol. The molecule has 2 amide bonds. The molecule has 1 saturated heterocycles. The molecule has 0 radical (unpaired) electrons. The van der Waals surface area contributed by atoms with Gasteiger partial charge in [-0.05, 0) is 61.1 Å². The molecule has 0 spiro atoms. The zero-order valence-corrected chi connectivity index (χ0v) is 41.7. The number of amides is 2. The van der Waals surface area contributed by atoms with Gasteiger partial charge < -0.3 is 58.6 Å². The Hall–Kier alpha value is -4.88. The van der Waals surface area contributed by atoms with Gasteiger partial charge in [-0.15, -0.1) is 0 Å². The van der Waals surface area contributed by atoms with E-state index in [2.05, 4.69) is 22.5 Å². The molecule has 2 aliphatic rings. The number of cyclic esters (lactones) is 2. The SMILES string of the molecule is C=CCOC(=O)CCOCCOCCOCCOCCNCc1ccc([C@H]2O[C@H]2[C@@H](C)[C@@H]2C/C=C/C(=O)N[C@H](Cc3ccc(OC)c(Cl)c3)C(=O)NCC(C)(C)C(=O)O[C@@H](CC(C)C)C(=O)O2)cc1. The first kappa shape index (κ1) is 56.7. The van der Waals surface area contributed by atoms with Crippen molar-refractivity contribution >= 4 is 41.3 Å². The van der Waals surface area contributed by atoms with E-state index in [4.69, 9.17) is 54.2 Å². The van der Waals surface area contributed by atoms with Gasteiger partial charge in [-0.3, -0.25) is 19.2 Å². The molecule has 0 saturated carbocycles. The Kier molecular flexibility index (Phi) is 24.6. The number of nitrogens with one attached hydrogen (secondary N) is 3. The maximum Gasteiger partial charge on any atom is 0.347 e. The molecule has 1 fully saturated rings. The molecule has 18 heteroatoms. The summed E-state index contributed by atoms with van der Waals surface area (Å²) in [5.74, 6) is -2.60. The van der Waals surface area contributed by atoms with Crippen molar-refractivity contribution in [2.24, 2.45) is 17.3 Å². The Balaban J connectivity index is 1.26. The van der Waals surface area contributed by atoms with Crippen LogP contribution in [-0.2, 0) is 74.8 Å². The van der Waals surface area contributed by atoms with E-state index < -0.39 is 47.4 Å². The van der Waals surface area contributed by atoms with Crippen molar-refractivity contribution in [2.45, 2.75) is 97.3 Å². The van der Waals surface area contributed by atoms with Crippen LogP contribution in [0.15, 0.2) is 67.3 Å². The van der Waals surface area contributed by atoms with Gasteiger partial charge >= 0.3 is 17.9 Å². The van der Waals surface area contributed by atoms with E-state index in [1.807, 2.05) is 45.0 Å². The minimum atomic E-state index is -1.23. The Morgan fingerprint density at radius 1 is 0.913 bits per heavy atom. The fraction of sp³-hybridized carbons (Fsp3) is 0.588. The maximum atomic E-state index is 13.9. The second-order valence-corrected chi connectivity index (χ2v) is 18.3. The van der Waals surface area contributed by atoms with E-state index >= 15 is 0 Å². The van der Waals surface area contributed by atoms with Crippen LogP contribution in [0.3, 0.4) is 0 Å². The molecule has 2 aromatic rings. The number of benzene rings is 2. The third-order valence-corrected chi connectivity index (χ3v) is 11.6. The summed E-state index contributed by atoms with van der Waals surface area (Å²) in [6.45, 7) is 17.2. The minimum Gasteiger partial charge on any atom is -0.495 e. The molecular weight excluding hydrogens is 914 g/mol. The van der Waals surface area contributed by atoms with Crippen molar-refractivity contribution in [3.8, 4) is 5.75 Å². The van der Waals surface area contributed by atoms with Gasteiger partial charge in [0.15, 0.2) is 6.10 Å². The van der Waals surface area contributed by atoms with E-state index in [1.165, 1.54) is 19.3 Å². The summed E-state index contributed by atoms with van der Waals surface area (Å²) in [5, 5.41) is 9.31. The molecule has 382 valence electrons. The topological polar surface area (TPSA) is 208 Å². The fourth-order valence-corrected chi connectivity index (χ4v) is 7.45. The Morgan fingerprint density at radius 2 is 1.57 bits per heavy atom. The first-order valence-corrected chi connectivity index (χ1v) is 24.0. The van der Waals surface area contributed by atoms with E-state index in [0.29, 0.717) is 75.7 Å².